The normalized spacial score (nSPS) is 16.0. The third-order valence-corrected chi connectivity index (χ3v) is 5.13. The molecule has 0 fully saturated rings. The lowest BCUT2D eigenvalue weighted by atomic mass is 9.93. The summed E-state index contributed by atoms with van der Waals surface area (Å²) in [4.78, 5) is 22.2. The molecule has 0 saturated heterocycles. The molecule has 0 radical (unpaired) electrons. The predicted molar refractivity (Wildman–Crippen MR) is 87.6 cm³/mol. The molecule has 274 valence electrons. The highest BCUT2D eigenvalue weighted by Gasteiger charge is 2.93. The number of carbonyl (C=O) groups excluding carboxylic acids is 2. The average molecular weight is 752 g/mol. The summed E-state index contributed by atoms with van der Waals surface area (Å²) >= 11 is 0. The number of amides is 2. The van der Waals surface area contributed by atoms with E-state index in [-0.39, 0.29) is 10.6 Å². The van der Waals surface area contributed by atoms with E-state index >= 15 is 0 Å². The topological polar surface area (TPSA) is 58.2 Å². The van der Waals surface area contributed by atoms with E-state index < -0.39 is 96.5 Å². The molecule has 0 aromatic heterocycles. The molecule has 0 unspecified atom stereocenters. The highest BCUT2D eigenvalue weighted by atomic mass is 19.4. The van der Waals surface area contributed by atoms with Gasteiger partial charge in [-0.2, -0.15) is 114 Å². The number of carbonyl (C=O) groups is 2. The van der Waals surface area contributed by atoms with Crippen molar-refractivity contribution in [2.75, 3.05) is 13.1 Å². The number of halogens is 26. The van der Waals surface area contributed by atoms with Gasteiger partial charge in [-0.15, -0.1) is 0 Å². The quantitative estimate of drug-likeness (QED) is 0.163. The van der Waals surface area contributed by atoms with E-state index in [1.807, 2.05) is 0 Å². The first-order valence-electron chi connectivity index (χ1n) is 10.0. The third kappa shape index (κ3) is 5.88. The molecule has 0 bridgehead atoms. The molecule has 0 atom stereocenters. The van der Waals surface area contributed by atoms with Crippen LogP contribution in [0.25, 0.3) is 0 Å². The zero-order chi connectivity index (χ0) is 38.0. The van der Waals surface area contributed by atoms with Gasteiger partial charge in [0.2, 0.25) is 0 Å². The smallest absolute Gasteiger partial charge is 0.349 e. The van der Waals surface area contributed by atoms with Crippen LogP contribution >= 0.6 is 0 Å². The van der Waals surface area contributed by atoms with Crippen molar-refractivity contribution in [3.63, 3.8) is 0 Å². The molecule has 2 N–H and O–H groups in total. The minimum atomic E-state index is -8.52. The standard InChI is InChI=1S/C16H6F26N2O2/c17-5(18,7(21,22)9(25,26)11(29,30)13(33,34)15(37,38)39)3(45)43-1-2-44-4(46)6(19,20)8(23,24)10(27,28)12(31,32)14(35,36)16(40,41)42/h1-2H2,(H,43,45)(H,44,46). The maximum atomic E-state index is 13.6. The van der Waals surface area contributed by atoms with Gasteiger partial charge in [-0.25, -0.2) is 0 Å². The second kappa shape index (κ2) is 11.4. The largest absolute Gasteiger partial charge is 0.460 e. The van der Waals surface area contributed by atoms with Gasteiger partial charge in [0.05, 0.1) is 0 Å². The summed E-state index contributed by atoms with van der Waals surface area (Å²) in [6.45, 7) is -4.73. The molecule has 2 amide bonds. The first kappa shape index (κ1) is 43.1. The molecule has 0 aromatic carbocycles. The lowest BCUT2D eigenvalue weighted by Crippen LogP contribution is -2.72. The van der Waals surface area contributed by atoms with Crippen LogP contribution in [-0.2, 0) is 9.59 Å². The number of hydrogen-bond donors (Lipinski definition) is 2. The van der Waals surface area contributed by atoms with Gasteiger partial charge in [-0.05, 0) is 0 Å². The lowest BCUT2D eigenvalue weighted by molar-refractivity contribution is -0.436. The molecule has 0 aromatic rings. The Morgan fingerprint density at radius 1 is 0.304 bits per heavy atom. The van der Waals surface area contributed by atoms with Gasteiger partial charge in [0.25, 0.3) is 11.8 Å². The van der Waals surface area contributed by atoms with Crippen molar-refractivity contribution in [2.24, 2.45) is 0 Å². The van der Waals surface area contributed by atoms with Crippen LogP contribution in [0.4, 0.5) is 114 Å². The fourth-order valence-electron chi connectivity index (χ4n) is 2.40. The number of rotatable bonds is 13. The van der Waals surface area contributed by atoms with Crippen LogP contribution in [0.5, 0.6) is 0 Å². The zero-order valence-corrected chi connectivity index (χ0v) is 20.1. The van der Waals surface area contributed by atoms with Crippen LogP contribution in [0.1, 0.15) is 0 Å². The fourth-order valence-corrected chi connectivity index (χ4v) is 2.40. The van der Waals surface area contributed by atoms with Gasteiger partial charge in [0.1, 0.15) is 0 Å². The van der Waals surface area contributed by atoms with E-state index in [1.54, 1.807) is 0 Å². The van der Waals surface area contributed by atoms with Gasteiger partial charge in [0.15, 0.2) is 0 Å². The van der Waals surface area contributed by atoms with Crippen molar-refractivity contribution in [1.29, 1.82) is 0 Å². The van der Waals surface area contributed by atoms with Crippen molar-refractivity contribution in [3.05, 3.63) is 0 Å². The molecule has 0 rings (SSSR count). The third-order valence-electron chi connectivity index (χ3n) is 5.13. The molecule has 0 aliphatic heterocycles. The van der Waals surface area contributed by atoms with E-state index in [0.717, 1.165) is 0 Å². The van der Waals surface area contributed by atoms with Crippen LogP contribution in [-0.4, -0.2) is 96.5 Å². The molecule has 0 heterocycles. The Morgan fingerprint density at radius 2 is 0.478 bits per heavy atom. The Morgan fingerprint density at radius 3 is 0.652 bits per heavy atom. The van der Waals surface area contributed by atoms with Crippen molar-refractivity contribution in [3.8, 4) is 0 Å². The highest BCUT2D eigenvalue weighted by Crippen LogP contribution is 2.61. The highest BCUT2D eigenvalue weighted by molar-refractivity contribution is 5.86. The number of hydrogen-bond acceptors (Lipinski definition) is 2. The minimum Gasteiger partial charge on any atom is -0.349 e. The SMILES string of the molecule is O=C(NCCNC(=O)C(F)(F)C(F)(F)C(F)(F)C(F)(F)C(F)(F)C(F)(F)F)C(F)(F)C(F)(F)C(F)(F)C(F)(F)C(F)(F)C(F)(F)F. The molecule has 0 spiro atoms. The Kier molecular flexibility index (Phi) is 10.7. The van der Waals surface area contributed by atoms with Crippen LogP contribution in [0.15, 0.2) is 0 Å². The van der Waals surface area contributed by atoms with Gasteiger partial charge < -0.3 is 10.6 Å². The van der Waals surface area contributed by atoms with E-state index in [2.05, 4.69) is 0 Å². The van der Waals surface area contributed by atoms with E-state index in [1.165, 1.54) is 0 Å². The van der Waals surface area contributed by atoms with Crippen molar-refractivity contribution in [1.82, 2.24) is 10.6 Å². The van der Waals surface area contributed by atoms with Gasteiger partial charge in [-0.1, -0.05) is 0 Å². The second-order valence-corrected chi connectivity index (χ2v) is 8.25. The summed E-state index contributed by atoms with van der Waals surface area (Å²) in [6, 6.07) is 0. The molecular formula is C16H6F26N2O2. The van der Waals surface area contributed by atoms with Crippen molar-refractivity contribution in [2.45, 2.75) is 71.6 Å². The first-order chi connectivity index (χ1) is 19.5. The Hall–Kier alpha value is -2.88. The molecule has 0 aliphatic rings. The summed E-state index contributed by atoms with van der Waals surface area (Å²) in [5.41, 5.74) is 0. The van der Waals surface area contributed by atoms with Crippen molar-refractivity contribution < 1.29 is 124 Å². The van der Waals surface area contributed by atoms with Crippen LogP contribution in [0, 0.1) is 0 Å². The molecule has 46 heavy (non-hydrogen) atoms. The lowest BCUT2D eigenvalue weighted by Gasteiger charge is -2.39. The van der Waals surface area contributed by atoms with Crippen LogP contribution < -0.4 is 10.6 Å². The summed E-state index contributed by atoms with van der Waals surface area (Å²) in [5.74, 6) is -90.3. The van der Waals surface area contributed by atoms with E-state index in [0.29, 0.717) is 0 Å². The van der Waals surface area contributed by atoms with Gasteiger partial charge >= 0.3 is 71.6 Å². The fraction of sp³-hybridized carbons (Fsp3) is 0.875. The van der Waals surface area contributed by atoms with Gasteiger partial charge in [0, 0.05) is 13.1 Å². The summed E-state index contributed by atoms with van der Waals surface area (Å²) in [6.07, 6.45) is -15.7. The molecule has 0 aliphatic carbocycles. The average Bonchev–Trinajstić information content (AvgIpc) is 2.83. The molecular weight excluding hydrogens is 746 g/mol. The minimum absolute atomic E-state index is 0.0618. The maximum absolute atomic E-state index is 13.6. The number of nitrogens with one attached hydrogen (secondary N) is 2. The second-order valence-electron chi connectivity index (χ2n) is 8.25. The maximum Gasteiger partial charge on any atom is 0.460 e. The van der Waals surface area contributed by atoms with E-state index in [9.17, 15) is 124 Å². The predicted octanol–water partition coefficient (Wildman–Crippen LogP) is 6.70. The zero-order valence-electron chi connectivity index (χ0n) is 20.1. The summed E-state index contributed by atoms with van der Waals surface area (Å²) in [5, 5.41) is 0.124. The summed E-state index contributed by atoms with van der Waals surface area (Å²) in [7, 11) is 0. The first-order valence-corrected chi connectivity index (χ1v) is 10.0. The van der Waals surface area contributed by atoms with Crippen LogP contribution in [0.3, 0.4) is 0 Å². The Balaban J connectivity index is 5.99. The monoisotopic (exact) mass is 752 g/mol. The summed E-state index contributed by atoms with van der Waals surface area (Å²) < 4.78 is 337. The molecule has 4 nitrogen and oxygen atoms in total. The van der Waals surface area contributed by atoms with E-state index in [4.69, 9.17) is 0 Å². The van der Waals surface area contributed by atoms with Crippen LogP contribution in [0.2, 0.25) is 0 Å². The number of alkyl halides is 26. The van der Waals surface area contributed by atoms with Gasteiger partial charge in [-0.3, -0.25) is 9.59 Å². The molecule has 30 heteroatoms. The Labute approximate surface area is 232 Å². The Bertz CT molecular complexity index is 1050. The van der Waals surface area contributed by atoms with Crippen molar-refractivity contribution >= 4 is 11.8 Å². The molecule has 0 saturated carbocycles.